The minimum absolute atomic E-state index is 0. The zero-order valence-electron chi connectivity index (χ0n) is 13.1. The minimum atomic E-state index is 0. The first kappa shape index (κ1) is 18.0. The van der Waals surface area contributed by atoms with Gasteiger partial charge in [-0.05, 0) is 30.5 Å². The summed E-state index contributed by atoms with van der Waals surface area (Å²) in [6, 6.07) is 4.24. The van der Waals surface area contributed by atoms with Gasteiger partial charge in [-0.1, -0.05) is 6.08 Å². The maximum Gasteiger partial charge on any atom is 0.183 e. The predicted octanol–water partition coefficient (Wildman–Crippen LogP) is 0.0516. The number of likely N-dealkylation sites (N-methyl/N-ethyl adjacent to an activating group) is 1. The predicted molar refractivity (Wildman–Crippen MR) is 82.5 cm³/mol. The summed E-state index contributed by atoms with van der Waals surface area (Å²) in [6.07, 6.45) is 6.30. The fraction of sp³-hybridized carbons (Fsp3) is 0.471. The average molecular weight is 401 g/mol. The zero-order chi connectivity index (χ0) is 14.5. The van der Waals surface area contributed by atoms with Gasteiger partial charge in [-0.15, -0.1) is 6.58 Å². The summed E-state index contributed by atoms with van der Waals surface area (Å²) in [4.78, 5) is 0. The molecule has 0 unspecified atom stereocenters. The van der Waals surface area contributed by atoms with E-state index in [0.717, 1.165) is 43.7 Å². The topological polar surface area (TPSA) is 21.5 Å². The molecule has 1 heterocycles. The van der Waals surface area contributed by atoms with Crippen LogP contribution in [0.15, 0.2) is 24.8 Å². The Balaban J connectivity index is 0.00000220. The van der Waals surface area contributed by atoms with Crippen LogP contribution in [0.5, 0.6) is 11.5 Å². The average Bonchev–Trinajstić information content (AvgIpc) is 2.48. The number of methoxy groups -OCH3 is 2. The quantitative estimate of drug-likeness (QED) is 0.291. The molecule has 0 atom stereocenters. The second kappa shape index (κ2) is 8.41. The van der Waals surface area contributed by atoms with Gasteiger partial charge in [0, 0.05) is 18.4 Å². The van der Waals surface area contributed by atoms with Gasteiger partial charge in [-0.25, -0.2) is 4.58 Å². The largest absolute Gasteiger partial charge is 1.00 e. The number of rotatable bonds is 6. The zero-order valence-corrected chi connectivity index (χ0v) is 15.3. The third-order valence-corrected chi connectivity index (χ3v) is 3.92. The molecule has 1 aliphatic rings. The van der Waals surface area contributed by atoms with Crippen LogP contribution >= 0.6 is 0 Å². The van der Waals surface area contributed by atoms with Crippen LogP contribution in [0.4, 0.5) is 0 Å². The Morgan fingerprint density at radius 1 is 1.24 bits per heavy atom. The van der Waals surface area contributed by atoms with Crippen molar-refractivity contribution in [2.75, 3.05) is 27.8 Å². The van der Waals surface area contributed by atoms with Crippen LogP contribution in [0, 0.1) is 0 Å². The standard InChI is InChI=1S/C17H24NO2.HI/c1-5-6-7-8-15-14-12-17(20-4)16(19-3)11-13(14)9-10-18(15)2;/h5,11-12H,1,6-10H2,2-4H3;1H/q+1;/p-1. The molecule has 0 spiro atoms. The van der Waals surface area contributed by atoms with Crippen LogP contribution in [0.1, 0.15) is 30.4 Å². The molecule has 1 aliphatic heterocycles. The molecule has 0 bridgehead atoms. The van der Waals surface area contributed by atoms with E-state index in [1.165, 1.54) is 16.8 Å². The van der Waals surface area contributed by atoms with E-state index >= 15 is 0 Å². The summed E-state index contributed by atoms with van der Waals surface area (Å²) < 4.78 is 13.2. The van der Waals surface area contributed by atoms with E-state index in [1.807, 2.05) is 6.08 Å². The van der Waals surface area contributed by atoms with E-state index in [1.54, 1.807) is 14.2 Å². The first-order chi connectivity index (χ1) is 9.71. The van der Waals surface area contributed by atoms with Crippen molar-refractivity contribution in [2.24, 2.45) is 0 Å². The molecule has 21 heavy (non-hydrogen) atoms. The molecule has 0 amide bonds. The maximum absolute atomic E-state index is 5.44. The number of unbranched alkanes of at least 4 members (excludes halogenated alkanes) is 1. The lowest BCUT2D eigenvalue weighted by atomic mass is 9.93. The van der Waals surface area contributed by atoms with Crippen molar-refractivity contribution in [3.8, 4) is 11.5 Å². The van der Waals surface area contributed by atoms with E-state index in [2.05, 4.69) is 30.3 Å². The van der Waals surface area contributed by atoms with Gasteiger partial charge in [-0.3, -0.25) is 0 Å². The summed E-state index contributed by atoms with van der Waals surface area (Å²) in [7, 11) is 5.55. The molecule has 4 heteroatoms. The van der Waals surface area contributed by atoms with Crippen molar-refractivity contribution in [1.82, 2.24) is 0 Å². The molecule has 2 rings (SSSR count). The SMILES string of the molecule is C=CCCCC1=[N+](C)CCc2cc(OC)c(OC)cc21.[I-]. The first-order valence-electron chi connectivity index (χ1n) is 7.14. The maximum atomic E-state index is 5.44. The highest BCUT2D eigenvalue weighted by Gasteiger charge is 2.25. The lowest BCUT2D eigenvalue weighted by molar-refractivity contribution is -0.499. The Morgan fingerprint density at radius 3 is 2.52 bits per heavy atom. The fourth-order valence-electron chi connectivity index (χ4n) is 2.76. The van der Waals surface area contributed by atoms with Crippen LogP contribution in [0.25, 0.3) is 0 Å². The minimum Gasteiger partial charge on any atom is -1.00 e. The number of ether oxygens (including phenoxy) is 2. The van der Waals surface area contributed by atoms with Gasteiger partial charge in [0.1, 0.15) is 13.6 Å². The molecule has 0 saturated carbocycles. The summed E-state index contributed by atoms with van der Waals surface area (Å²) in [5.41, 5.74) is 4.06. The van der Waals surface area contributed by atoms with Crippen LogP contribution in [0.3, 0.4) is 0 Å². The van der Waals surface area contributed by atoms with Crippen LogP contribution in [-0.2, 0) is 6.42 Å². The summed E-state index contributed by atoms with van der Waals surface area (Å²) in [5.74, 6) is 1.63. The van der Waals surface area contributed by atoms with Crippen molar-refractivity contribution in [3.05, 3.63) is 35.9 Å². The van der Waals surface area contributed by atoms with Gasteiger partial charge in [0.2, 0.25) is 0 Å². The molecule has 0 N–H and O–H groups in total. The van der Waals surface area contributed by atoms with Gasteiger partial charge < -0.3 is 33.5 Å². The smallest absolute Gasteiger partial charge is 0.183 e. The van der Waals surface area contributed by atoms with Gasteiger partial charge in [-0.2, -0.15) is 0 Å². The van der Waals surface area contributed by atoms with Crippen LogP contribution in [0.2, 0.25) is 0 Å². The van der Waals surface area contributed by atoms with Crippen molar-refractivity contribution in [1.29, 1.82) is 0 Å². The highest BCUT2D eigenvalue weighted by molar-refractivity contribution is 5.99. The fourth-order valence-corrected chi connectivity index (χ4v) is 2.76. The lowest BCUT2D eigenvalue weighted by Gasteiger charge is -2.19. The van der Waals surface area contributed by atoms with Crippen LogP contribution < -0.4 is 33.5 Å². The molecule has 116 valence electrons. The molecular weight excluding hydrogens is 377 g/mol. The second-order valence-electron chi connectivity index (χ2n) is 5.16. The number of hydrogen-bond acceptors (Lipinski definition) is 2. The van der Waals surface area contributed by atoms with Gasteiger partial charge in [0.15, 0.2) is 17.2 Å². The monoisotopic (exact) mass is 401 g/mol. The number of benzene rings is 1. The molecule has 0 fully saturated rings. The van der Waals surface area contributed by atoms with Crippen molar-refractivity contribution in [3.63, 3.8) is 0 Å². The molecule has 0 aromatic heterocycles. The van der Waals surface area contributed by atoms with Gasteiger partial charge >= 0.3 is 0 Å². The number of hydrogen-bond donors (Lipinski definition) is 0. The third-order valence-electron chi connectivity index (χ3n) is 3.92. The van der Waals surface area contributed by atoms with E-state index in [4.69, 9.17) is 9.47 Å². The Kier molecular flexibility index (Phi) is 7.22. The highest BCUT2D eigenvalue weighted by atomic mass is 127. The van der Waals surface area contributed by atoms with Crippen molar-refractivity contribution in [2.45, 2.75) is 25.7 Å². The second-order valence-corrected chi connectivity index (χ2v) is 5.16. The molecule has 1 aromatic carbocycles. The van der Waals surface area contributed by atoms with Gasteiger partial charge in [0.05, 0.1) is 14.2 Å². The number of fused-ring (bicyclic) bond motifs is 1. The van der Waals surface area contributed by atoms with Crippen molar-refractivity contribution < 1.29 is 38.0 Å². The van der Waals surface area contributed by atoms with Crippen LogP contribution in [-0.4, -0.2) is 38.1 Å². The Hall–Kier alpha value is -1.04. The number of nitrogens with zero attached hydrogens (tertiary/aromatic N) is 1. The Bertz CT molecular complexity index is 538. The molecule has 1 aromatic rings. The van der Waals surface area contributed by atoms with Gasteiger partial charge in [0.25, 0.3) is 0 Å². The Morgan fingerprint density at radius 2 is 1.90 bits per heavy atom. The molecule has 0 aliphatic carbocycles. The molecular formula is C17H24INO2. The molecule has 3 nitrogen and oxygen atoms in total. The summed E-state index contributed by atoms with van der Waals surface area (Å²) >= 11 is 0. The number of halogens is 1. The van der Waals surface area contributed by atoms with Crippen molar-refractivity contribution >= 4 is 5.71 Å². The first-order valence-corrected chi connectivity index (χ1v) is 7.14. The molecule has 0 saturated heterocycles. The normalized spacial score (nSPS) is 13.3. The summed E-state index contributed by atoms with van der Waals surface area (Å²) in [6.45, 7) is 4.86. The summed E-state index contributed by atoms with van der Waals surface area (Å²) in [5, 5.41) is 0. The van der Waals surface area contributed by atoms with E-state index in [-0.39, 0.29) is 24.0 Å². The molecule has 0 radical (unpaired) electrons. The highest BCUT2D eigenvalue weighted by Crippen LogP contribution is 2.33. The Labute approximate surface area is 144 Å². The lowest BCUT2D eigenvalue weighted by Crippen LogP contribution is -3.00. The van der Waals surface area contributed by atoms with E-state index in [9.17, 15) is 0 Å². The van der Waals surface area contributed by atoms with E-state index in [0.29, 0.717) is 0 Å². The third kappa shape index (κ3) is 3.99. The van der Waals surface area contributed by atoms with E-state index < -0.39 is 0 Å². The number of allylic oxidation sites excluding steroid dienone is 1.